The van der Waals surface area contributed by atoms with Gasteiger partial charge in [0.05, 0.1) is 11.7 Å². The Balaban J connectivity index is 2.17. The summed E-state index contributed by atoms with van der Waals surface area (Å²) in [7, 11) is 0. The average molecular weight is 329 g/mol. The van der Waals surface area contributed by atoms with Gasteiger partial charge in [0.2, 0.25) is 5.95 Å². The van der Waals surface area contributed by atoms with Crippen molar-refractivity contribution in [2.24, 2.45) is 0 Å². The third kappa shape index (κ3) is 5.22. The minimum absolute atomic E-state index is 0.178. The maximum atomic E-state index is 12.0. The Bertz CT molecular complexity index is 753. The summed E-state index contributed by atoms with van der Waals surface area (Å²) in [4.78, 5) is 30.8. The number of esters is 1. The van der Waals surface area contributed by atoms with Crippen molar-refractivity contribution < 1.29 is 9.53 Å². The summed E-state index contributed by atoms with van der Waals surface area (Å²) in [6.07, 6.45) is 2.60. The molecule has 0 spiro atoms. The number of hydrogen-bond donors (Lipinski definition) is 2. The van der Waals surface area contributed by atoms with E-state index in [2.05, 4.69) is 22.2 Å². The first-order valence-electron chi connectivity index (χ1n) is 8.16. The number of nitrogens with one attached hydrogen (secondary N) is 2. The summed E-state index contributed by atoms with van der Waals surface area (Å²) < 4.78 is 5.18. The fourth-order valence-electron chi connectivity index (χ4n) is 2.20. The van der Waals surface area contributed by atoms with Gasteiger partial charge in [0.1, 0.15) is 0 Å². The highest BCUT2D eigenvalue weighted by molar-refractivity contribution is 5.90. The second-order valence-electron chi connectivity index (χ2n) is 5.85. The zero-order chi connectivity index (χ0) is 17.5. The molecule has 0 bridgehead atoms. The fraction of sp³-hybridized carbons (Fsp3) is 0.389. The predicted octanol–water partition coefficient (Wildman–Crippen LogP) is 3.42. The number of aromatic nitrogens is 2. The first-order chi connectivity index (χ1) is 11.5. The number of ether oxygens (including phenoxy) is 1. The van der Waals surface area contributed by atoms with Crippen LogP contribution in [-0.2, 0) is 11.2 Å². The standard InChI is InChI=1S/C18H23N3O3/c1-4-5-8-15-11-16(22)21-18(20-15)19-14-9-6-7-13(10-14)17(23)24-12(2)3/h6-7,9-12H,4-5,8H2,1-3H3,(H2,19,20,21,22). The van der Waals surface area contributed by atoms with Crippen molar-refractivity contribution in [3.05, 3.63) is 51.9 Å². The Labute approximate surface area is 141 Å². The van der Waals surface area contributed by atoms with E-state index in [1.54, 1.807) is 38.1 Å². The number of hydrogen-bond acceptors (Lipinski definition) is 5. The quantitative estimate of drug-likeness (QED) is 0.760. The number of anilines is 2. The molecule has 0 saturated carbocycles. The molecule has 2 aromatic rings. The Morgan fingerprint density at radius 2 is 2.12 bits per heavy atom. The second kappa shape index (κ2) is 8.29. The van der Waals surface area contributed by atoms with Crippen LogP contribution in [0, 0.1) is 0 Å². The lowest BCUT2D eigenvalue weighted by atomic mass is 10.2. The van der Waals surface area contributed by atoms with Crippen molar-refractivity contribution in [2.75, 3.05) is 5.32 Å². The Hall–Kier alpha value is -2.63. The van der Waals surface area contributed by atoms with Gasteiger partial charge >= 0.3 is 5.97 Å². The van der Waals surface area contributed by atoms with Crippen LogP contribution in [0.5, 0.6) is 0 Å². The first-order valence-corrected chi connectivity index (χ1v) is 8.16. The zero-order valence-corrected chi connectivity index (χ0v) is 14.3. The van der Waals surface area contributed by atoms with Crippen LogP contribution in [0.1, 0.15) is 49.7 Å². The van der Waals surface area contributed by atoms with Crippen LogP contribution in [0.4, 0.5) is 11.6 Å². The van der Waals surface area contributed by atoms with Gasteiger partial charge in [0.15, 0.2) is 0 Å². The largest absolute Gasteiger partial charge is 0.459 e. The van der Waals surface area contributed by atoms with Crippen molar-refractivity contribution in [3.8, 4) is 0 Å². The normalized spacial score (nSPS) is 10.7. The summed E-state index contributed by atoms with van der Waals surface area (Å²) in [5.74, 6) is -0.0187. The highest BCUT2D eigenvalue weighted by atomic mass is 16.5. The van der Waals surface area contributed by atoms with E-state index in [0.717, 1.165) is 25.0 Å². The highest BCUT2D eigenvalue weighted by Gasteiger charge is 2.10. The predicted molar refractivity (Wildman–Crippen MR) is 93.7 cm³/mol. The lowest BCUT2D eigenvalue weighted by molar-refractivity contribution is 0.0378. The molecule has 1 heterocycles. The van der Waals surface area contributed by atoms with Crippen molar-refractivity contribution in [3.63, 3.8) is 0 Å². The van der Waals surface area contributed by atoms with Gasteiger partial charge in [0, 0.05) is 17.4 Å². The molecule has 0 radical (unpaired) electrons. The van der Waals surface area contributed by atoms with Gasteiger partial charge in [-0.05, 0) is 44.9 Å². The number of carbonyl (C=O) groups excluding carboxylic acids is 1. The van der Waals surface area contributed by atoms with Crippen LogP contribution in [0.25, 0.3) is 0 Å². The summed E-state index contributed by atoms with van der Waals surface area (Å²) in [5, 5.41) is 3.04. The lowest BCUT2D eigenvalue weighted by Crippen LogP contribution is -2.13. The van der Waals surface area contributed by atoms with Crippen LogP contribution in [0.15, 0.2) is 35.1 Å². The SMILES string of the molecule is CCCCc1cc(=O)[nH]c(Nc2cccc(C(=O)OC(C)C)c2)n1. The van der Waals surface area contributed by atoms with Gasteiger partial charge < -0.3 is 10.1 Å². The van der Waals surface area contributed by atoms with Gasteiger partial charge in [-0.15, -0.1) is 0 Å². The van der Waals surface area contributed by atoms with Gasteiger partial charge in [-0.25, -0.2) is 9.78 Å². The van der Waals surface area contributed by atoms with Crippen LogP contribution in [0.2, 0.25) is 0 Å². The first kappa shape index (κ1) is 17.7. The van der Waals surface area contributed by atoms with Gasteiger partial charge in [-0.2, -0.15) is 0 Å². The molecular formula is C18H23N3O3. The van der Waals surface area contributed by atoms with Crippen molar-refractivity contribution in [1.82, 2.24) is 9.97 Å². The van der Waals surface area contributed by atoms with E-state index in [0.29, 0.717) is 17.2 Å². The number of benzene rings is 1. The van der Waals surface area contributed by atoms with Gasteiger partial charge in [-0.1, -0.05) is 19.4 Å². The molecule has 0 saturated heterocycles. The molecule has 0 amide bonds. The molecule has 1 aromatic heterocycles. The third-order valence-corrected chi connectivity index (χ3v) is 3.28. The summed E-state index contributed by atoms with van der Waals surface area (Å²) in [6.45, 7) is 5.70. The minimum atomic E-state index is -0.383. The van der Waals surface area contributed by atoms with Crippen LogP contribution in [0.3, 0.4) is 0 Å². The molecular weight excluding hydrogens is 306 g/mol. The molecule has 0 aliphatic carbocycles. The van der Waals surface area contributed by atoms with Crippen LogP contribution >= 0.6 is 0 Å². The van der Waals surface area contributed by atoms with Crippen molar-refractivity contribution >= 4 is 17.6 Å². The molecule has 2 N–H and O–H groups in total. The number of rotatable bonds is 7. The molecule has 24 heavy (non-hydrogen) atoms. The summed E-state index contributed by atoms with van der Waals surface area (Å²) in [6, 6.07) is 8.41. The molecule has 0 unspecified atom stereocenters. The molecule has 128 valence electrons. The number of carbonyl (C=O) groups is 1. The second-order valence-corrected chi connectivity index (χ2v) is 5.85. The number of H-pyrrole nitrogens is 1. The lowest BCUT2D eigenvalue weighted by Gasteiger charge is -2.10. The maximum absolute atomic E-state index is 12.0. The van der Waals surface area contributed by atoms with Crippen molar-refractivity contribution in [2.45, 2.75) is 46.1 Å². The number of unbranched alkanes of at least 4 members (excludes halogenated alkanes) is 1. The number of aryl methyl sites for hydroxylation is 1. The molecule has 1 aromatic carbocycles. The van der Waals surface area contributed by atoms with Crippen LogP contribution in [-0.4, -0.2) is 22.0 Å². The molecule has 0 atom stereocenters. The van der Waals surface area contributed by atoms with E-state index in [4.69, 9.17) is 4.74 Å². The smallest absolute Gasteiger partial charge is 0.338 e. The Morgan fingerprint density at radius 3 is 2.83 bits per heavy atom. The molecule has 0 aliphatic rings. The minimum Gasteiger partial charge on any atom is -0.459 e. The highest BCUT2D eigenvalue weighted by Crippen LogP contribution is 2.16. The molecule has 2 rings (SSSR count). The molecule has 6 heteroatoms. The van der Waals surface area contributed by atoms with Crippen molar-refractivity contribution in [1.29, 1.82) is 0 Å². The topological polar surface area (TPSA) is 84.1 Å². The van der Waals surface area contributed by atoms with E-state index in [-0.39, 0.29) is 17.6 Å². The average Bonchev–Trinajstić information content (AvgIpc) is 2.52. The summed E-state index contributed by atoms with van der Waals surface area (Å²) in [5.41, 5.74) is 1.65. The molecule has 0 aliphatic heterocycles. The van der Waals surface area contributed by atoms with E-state index in [1.807, 2.05) is 0 Å². The fourth-order valence-corrected chi connectivity index (χ4v) is 2.20. The maximum Gasteiger partial charge on any atom is 0.338 e. The van der Waals surface area contributed by atoms with E-state index in [9.17, 15) is 9.59 Å². The summed E-state index contributed by atoms with van der Waals surface area (Å²) >= 11 is 0. The molecule has 6 nitrogen and oxygen atoms in total. The van der Waals surface area contributed by atoms with E-state index < -0.39 is 0 Å². The number of aromatic amines is 1. The third-order valence-electron chi connectivity index (χ3n) is 3.28. The van der Waals surface area contributed by atoms with Crippen LogP contribution < -0.4 is 10.9 Å². The number of nitrogens with zero attached hydrogens (tertiary/aromatic N) is 1. The van der Waals surface area contributed by atoms with Gasteiger partial charge in [0.25, 0.3) is 5.56 Å². The van der Waals surface area contributed by atoms with E-state index >= 15 is 0 Å². The Kier molecular flexibility index (Phi) is 6.12. The van der Waals surface area contributed by atoms with E-state index in [1.165, 1.54) is 6.07 Å². The Morgan fingerprint density at radius 1 is 1.33 bits per heavy atom. The van der Waals surface area contributed by atoms with Gasteiger partial charge in [-0.3, -0.25) is 9.78 Å². The zero-order valence-electron chi connectivity index (χ0n) is 14.3. The molecule has 0 fully saturated rings. The monoisotopic (exact) mass is 329 g/mol.